The normalized spacial score (nSPS) is 18.0. The van der Waals surface area contributed by atoms with Gasteiger partial charge >= 0.3 is 0 Å². The number of carbonyl (C=O) groups is 1. The SMILES string of the molecule is C[C@@H]1CNCCN1C(=O)c1ccc(CSc2ccccc2)cc1. The minimum Gasteiger partial charge on any atom is -0.333 e. The molecule has 2 aromatic rings. The molecule has 3 rings (SSSR count). The van der Waals surface area contributed by atoms with Gasteiger partial charge in [0.05, 0.1) is 0 Å². The van der Waals surface area contributed by atoms with E-state index in [-0.39, 0.29) is 11.9 Å². The molecule has 2 aromatic carbocycles. The molecule has 0 bridgehead atoms. The maximum absolute atomic E-state index is 12.6. The number of amides is 1. The van der Waals surface area contributed by atoms with Gasteiger partial charge in [0.25, 0.3) is 5.91 Å². The lowest BCUT2D eigenvalue weighted by Crippen LogP contribution is -2.52. The fourth-order valence-corrected chi connectivity index (χ4v) is 3.61. The van der Waals surface area contributed by atoms with E-state index in [9.17, 15) is 4.79 Å². The van der Waals surface area contributed by atoms with Gasteiger partial charge in [-0.1, -0.05) is 30.3 Å². The van der Waals surface area contributed by atoms with Gasteiger partial charge in [-0.3, -0.25) is 4.79 Å². The summed E-state index contributed by atoms with van der Waals surface area (Å²) < 4.78 is 0. The number of hydrogen-bond acceptors (Lipinski definition) is 3. The van der Waals surface area contributed by atoms with Crippen molar-refractivity contribution in [1.29, 1.82) is 0 Å². The third kappa shape index (κ3) is 4.15. The van der Waals surface area contributed by atoms with Crippen molar-refractivity contribution in [2.24, 2.45) is 0 Å². The van der Waals surface area contributed by atoms with Crippen LogP contribution in [0.2, 0.25) is 0 Å². The number of thioether (sulfide) groups is 1. The summed E-state index contributed by atoms with van der Waals surface area (Å²) in [6, 6.07) is 18.7. The first-order valence-electron chi connectivity index (χ1n) is 8.02. The van der Waals surface area contributed by atoms with Crippen LogP contribution in [0.5, 0.6) is 0 Å². The fourth-order valence-electron chi connectivity index (χ4n) is 2.74. The van der Waals surface area contributed by atoms with Crippen LogP contribution in [0.15, 0.2) is 59.5 Å². The van der Waals surface area contributed by atoms with Gasteiger partial charge < -0.3 is 10.2 Å². The Kier molecular flexibility index (Phi) is 5.36. The van der Waals surface area contributed by atoms with E-state index in [4.69, 9.17) is 0 Å². The maximum Gasteiger partial charge on any atom is 0.254 e. The predicted molar refractivity (Wildman–Crippen MR) is 95.8 cm³/mol. The Morgan fingerprint density at radius 3 is 2.61 bits per heavy atom. The first-order valence-corrected chi connectivity index (χ1v) is 9.01. The molecule has 1 saturated heterocycles. The van der Waals surface area contributed by atoms with Gasteiger partial charge in [0, 0.05) is 41.9 Å². The van der Waals surface area contributed by atoms with E-state index in [2.05, 4.69) is 48.6 Å². The molecule has 4 heteroatoms. The minimum absolute atomic E-state index is 0.140. The molecule has 1 heterocycles. The largest absolute Gasteiger partial charge is 0.333 e. The van der Waals surface area contributed by atoms with Crippen molar-refractivity contribution < 1.29 is 4.79 Å². The van der Waals surface area contributed by atoms with E-state index < -0.39 is 0 Å². The Morgan fingerprint density at radius 2 is 1.91 bits per heavy atom. The Labute approximate surface area is 142 Å². The van der Waals surface area contributed by atoms with Crippen LogP contribution in [-0.4, -0.2) is 36.5 Å². The number of hydrogen-bond donors (Lipinski definition) is 1. The molecule has 1 aliphatic rings. The van der Waals surface area contributed by atoms with Gasteiger partial charge in [-0.25, -0.2) is 0 Å². The molecule has 0 aromatic heterocycles. The van der Waals surface area contributed by atoms with E-state index >= 15 is 0 Å². The summed E-state index contributed by atoms with van der Waals surface area (Å²) in [6.07, 6.45) is 0. The van der Waals surface area contributed by atoms with Gasteiger partial charge in [0.15, 0.2) is 0 Å². The summed E-state index contributed by atoms with van der Waals surface area (Å²) in [4.78, 5) is 15.8. The molecule has 23 heavy (non-hydrogen) atoms. The highest BCUT2D eigenvalue weighted by Crippen LogP contribution is 2.22. The number of benzene rings is 2. The highest BCUT2D eigenvalue weighted by Gasteiger charge is 2.23. The van der Waals surface area contributed by atoms with E-state index in [0.29, 0.717) is 0 Å². The molecule has 1 aliphatic heterocycles. The van der Waals surface area contributed by atoms with Crippen LogP contribution in [-0.2, 0) is 5.75 Å². The minimum atomic E-state index is 0.140. The van der Waals surface area contributed by atoms with Gasteiger partial charge in [-0.15, -0.1) is 11.8 Å². The second-order valence-electron chi connectivity index (χ2n) is 5.85. The topological polar surface area (TPSA) is 32.3 Å². The number of carbonyl (C=O) groups excluding carboxylic acids is 1. The summed E-state index contributed by atoms with van der Waals surface area (Å²) in [7, 11) is 0. The van der Waals surface area contributed by atoms with Crippen molar-refractivity contribution in [1.82, 2.24) is 10.2 Å². The Balaban J connectivity index is 1.61. The monoisotopic (exact) mass is 326 g/mol. The summed E-state index contributed by atoms with van der Waals surface area (Å²) >= 11 is 1.81. The lowest BCUT2D eigenvalue weighted by atomic mass is 10.1. The Hall–Kier alpha value is -1.78. The van der Waals surface area contributed by atoms with Crippen LogP contribution in [0.4, 0.5) is 0 Å². The van der Waals surface area contributed by atoms with Crippen LogP contribution in [0.3, 0.4) is 0 Å². The second kappa shape index (κ2) is 7.66. The molecule has 120 valence electrons. The molecule has 1 amide bonds. The lowest BCUT2D eigenvalue weighted by Gasteiger charge is -2.34. The zero-order chi connectivity index (χ0) is 16.1. The lowest BCUT2D eigenvalue weighted by molar-refractivity contribution is 0.0656. The molecule has 1 fully saturated rings. The molecule has 0 aliphatic carbocycles. The van der Waals surface area contributed by atoms with Crippen LogP contribution in [0.1, 0.15) is 22.8 Å². The molecule has 0 saturated carbocycles. The third-order valence-electron chi connectivity index (χ3n) is 4.11. The Bertz CT molecular complexity index is 642. The molecule has 0 unspecified atom stereocenters. The molecule has 0 spiro atoms. The van der Waals surface area contributed by atoms with Crippen molar-refractivity contribution >= 4 is 17.7 Å². The number of nitrogens with zero attached hydrogens (tertiary/aromatic N) is 1. The molecule has 3 nitrogen and oxygen atoms in total. The highest BCUT2D eigenvalue weighted by molar-refractivity contribution is 7.98. The first kappa shape index (κ1) is 16.1. The zero-order valence-corrected chi connectivity index (χ0v) is 14.2. The molecule has 1 N–H and O–H groups in total. The average Bonchev–Trinajstić information content (AvgIpc) is 2.61. The summed E-state index contributed by atoms with van der Waals surface area (Å²) in [5, 5.41) is 3.32. The van der Waals surface area contributed by atoms with Gasteiger partial charge in [-0.2, -0.15) is 0 Å². The smallest absolute Gasteiger partial charge is 0.254 e. The van der Waals surface area contributed by atoms with Crippen LogP contribution >= 0.6 is 11.8 Å². The zero-order valence-electron chi connectivity index (χ0n) is 13.4. The van der Waals surface area contributed by atoms with E-state index in [1.807, 2.05) is 34.9 Å². The van der Waals surface area contributed by atoms with Gasteiger partial charge in [-0.05, 0) is 36.8 Å². The maximum atomic E-state index is 12.6. The number of nitrogens with one attached hydrogen (secondary N) is 1. The summed E-state index contributed by atoms with van der Waals surface area (Å²) in [5.74, 6) is 1.06. The van der Waals surface area contributed by atoms with Gasteiger partial charge in [0.2, 0.25) is 0 Å². The highest BCUT2D eigenvalue weighted by atomic mass is 32.2. The standard InChI is InChI=1S/C19H22N2OS/c1-15-13-20-11-12-21(15)19(22)17-9-7-16(8-10-17)14-23-18-5-3-2-4-6-18/h2-10,15,20H,11-14H2,1H3/t15-/m1/s1. The summed E-state index contributed by atoms with van der Waals surface area (Å²) in [5.41, 5.74) is 2.02. The van der Waals surface area contributed by atoms with E-state index in [1.165, 1.54) is 10.5 Å². The average molecular weight is 326 g/mol. The molecule has 0 radical (unpaired) electrons. The van der Waals surface area contributed by atoms with Crippen LogP contribution in [0, 0.1) is 0 Å². The van der Waals surface area contributed by atoms with Crippen LogP contribution in [0.25, 0.3) is 0 Å². The third-order valence-corrected chi connectivity index (χ3v) is 5.19. The molecule has 1 atom stereocenters. The number of piperazine rings is 1. The van der Waals surface area contributed by atoms with E-state index in [0.717, 1.165) is 31.0 Å². The quantitative estimate of drug-likeness (QED) is 0.874. The van der Waals surface area contributed by atoms with Crippen molar-refractivity contribution in [2.45, 2.75) is 23.6 Å². The van der Waals surface area contributed by atoms with Crippen molar-refractivity contribution in [3.8, 4) is 0 Å². The van der Waals surface area contributed by atoms with E-state index in [1.54, 1.807) is 0 Å². The van der Waals surface area contributed by atoms with Gasteiger partial charge in [0.1, 0.15) is 0 Å². The van der Waals surface area contributed by atoms with Crippen molar-refractivity contribution in [2.75, 3.05) is 19.6 Å². The summed E-state index contributed by atoms with van der Waals surface area (Å²) in [6.45, 7) is 4.62. The second-order valence-corrected chi connectivity index (χ2v) is 6.90. The fraction of sp³-hybridized carbons (Fsp3) is 0.316. The van der Waals surface area contributed by atoms with Crippen molar-refractivity contribution in [3.63, 3.8) is 0 Å². The number of rotatable bonds is 4. The molecular weight excluding hydrogens is 304 g/mol. The van der Waals surface area contributed by atoms with Crippen molar-refractivity contribution in [3.05, 3.63) is 65.7 Å². The molecular formula is C19H22N2OS. The first-order chi connectivity index (χ1) is 11.2. The predicted octanol–water partition coefficient (Wildman–Crippen LogP) is 3.41. The Morgan fingerprint density at radius 1 is 1.17 bits per heavy atom. The van der Waals surface area contributed by atoms with Crippen LogP contribution < -0.4 is 5.32 Å².